The number of halogens is 1. The van der Waals surface area contributed by atoms with Crippen LogP contribution in [0.15, 0.2) is 85.3 Å². The summed E-state index contributed by atoms with van der Waals surface area (Å²) in [4.78, 5) is 13.5. The Hall–Kier alpha value is -4.63. The Morgan fingerprint density at radius 2 is 1.92 bits per heavy atom. The molecule has 0 amide bonds. The van der Waals surface area contributed by atoms with E-state index in [-0.39, 0.29) is 17.4 Å². The minimum absolute atomic E-state index is 0.113. The molecule has 0 radical (unpaired) electrons. The van der Waals surface area contributed by atoms with Crippen molar-refractivity contribution >= 4 is 0 Å². The monoisotopic (exact) mass is 508 g/mol. The van der Waals surface area contributed by atoms with Gasteiger partial charge in [0.05, 0.1) is 30.6 Å². The van der Waals surface area contributed by atoms with E-state index in [0.29, 0.717) is 29.7 Å². The number of benzene rings is 2. The first-order valence-corrected chi connectivity index (χ1v) is 12.3. The highest BCUT2D eigenvalue weighted by atomic mass is 19.1. The number of pyridine rings is 1. The summed E-state index contributed by atoms with van der Waals surface area (Å²) in [5, 5.41) is 7.99. The van der Waals surface area contributed by atoms with Crippen molar-refractivity contribution in [2.45, 2.75) is 12.5 Å². The fourth-order valence-corrected chi connectivity index (χ4v) is 4.63. The molecule has 1 atom stereocenters. The van der Waals surface area contributed by atoms with Crippen LogP contribution in [0.5, 0.6) is 11.6 Å². The first-order valence-electron chi connectivity index (χ1n) is 12.3. The number of methoxy groups -OCH3 is 1. The van der Waals surface area contributed by atoms with Crippen molar-refractivity contribution in [3.8, 4) is 40.1 Å². The van der Waals surface area contributed by atoms with Crippen LogP contribution in [0.3, 0.4) is 0 Å². The van der Waals surface area contributed by atoms with Crippen LogP contribution in [0, 0.1) is 5.82 Å². The number of hydrogen-bond donors (Lipinski definition) is 1. The summed E-state index contributed by atoms with van der Waals surface area (Å²) in [5.41, 5.74) is 4.17. The lowest BCUT2D eigenvalue weighted by Gasteiger charge is -2.26. The molecule has 0 saturated carbocycles. The zero-order chi connectivity index (χ0) is 25.9. The molecular formula is C29H25FN6O2. The Balaban J connectivity index is 1.21. The molecule has 1 unspecified atom stereocenters. The maximum absolute atomic E-state index is 14.6. The average molecular weight is 509 g/mol. The van der Waals surface area contributed by atoms with Crippen molar-refractivity contribution in [2.24, 2.45) is 0 Å². The lowest BCUT2D eigenvalue weighted by atomic mass is 9.95. The van der Waals surface area contributed by atoms with Gasteiger partial charge in [-0.2, -0.15) is 10.1 Å². The highest BCUT2D eigenvalue weighted by Crippen LogP contribution is 2.31. The fourth-order valence-electron chi connectivity index (χ4n) is 4.63. The number of nitrogens with zero attached hydrogens (tertiary/aromatic N) is 5. The Labute approximate surface area is 219 Å². The second-order valence-electron chi connectivity index (χ2n) is 8.86. The van der Waals surface area contributed by atoms with Crippen LogP contribution in [0.1, 0.15) is 17.2 Å². The Bertz CT molecular complexity index is 1590. The topological polar surface area (TPSA) is 87.0 Å². The summed E-state index contributed by atoms with van der Waals surface area (Å²) >= 11 is 0. The number of rotatable bonds is 7. The van der Waals surface area contributed by atoms with E-state index in [4.69, 9.17) is 9.47 Å². The second-order valence-corrected chi connectivity index (χ2v) is 8.86. The van der Waals surface area contributed by atoms with E-state index >= 15 is 0 Å². The van der Waals surface area contributed by atoms with Gasteiger partial charge in [0, 0.05) is 24.0 Å². The van der Waals surface area contributed by atoms with Crippen LogP contribution in [0.4, 0.5) is 4.39 Å². The standard InChI is InChI=1S/C29H25FN6O2/c1-37-25-9-4-8-22(30)28(25)29-32-15-13-23(34-29)20-16-33-36(17-20)26-10-5-11-27(35-26)38-18-24-21-7-3-2-6-19(21)12-14-31-24/h2-11,13,15-17,24,31H,12,14,18H2,1H3. The van der Waals surface area contributed by atoms with E-state index in [1.165, 1.54) is 24.3 Å². The zero-order valence-electron chi connectivity index (χ0n) is 20.7. The van der Waals surface area contributed by atoms with Crippen molar-refractivity contribution in [1.82, 2.24) is 30.0 Å². The molecule has 0 aliphatic carbocycles. The predicted molar refractivity (Wildman–Crippen MR) is 141 cm³/mol. The van der Waals surface area contributed by atoms with Gasteiger partial charge in [0.2, 0.25) is 5.88 Å². The summed E-state index contributed by atoms with van der Waals surface area (Å²) < 4.78 is 27.6. The van der Waals surface area contributed by atoms with Gasteiger partial charge in [0.15, 0.2) is 11.6 Å². The molecular weight excluding hydrogens is 483 g/mol. The maximum atomic E-state index is 14.6. The number of nitrogens with one attached hydrogen (secondary N) is 1. The molecule has 5 aromatic rings. The van der Waals surface area contributed by atoms with Gasteiger partial charge >= 0.3 is 0 Å². The minimum Gasteiger partial charge on any atom is -0.496 e. The summed E-state index contributed by atoms with van der Waals surface area (Å²) in [6.07, 6.45) is 6.10. The molecule has 3 aromatic heterocycles. The summed E-state index contributed by atoms with van der Waals surface area (Å²) in [6.45, 7) is 1.39. The van der Waals surface area contributed by atoms with Crippen molar-refractivity contribution < 1.29 is 13.9 Å². The number of aromatic nitrogens is 5. The molecule has 2 aromatic carbocycles. The minimum atomic E-state index is -0.454. The van der Waals surface area contributed by atoms with Crippen molar-refractivity contribution in [3.05, 3.63) is 102 Å². The van der Waals surface area contributed by atoms with Gasteiger partial charge in [0.25, 0.3) is 0 Å². The van der Waals surface area contributed by atoms with Crippen LogP contribution in [0.2, 0.25) is 0 Å². The SMILES string of the molecule is COc1cccc(F)c1-c1nccc(-c2cnn(-c3cccc(OCC4NCCc5ccccc54)n3)c2)n1. The molecule has 1 aliphatic rings. The van der Waals surface area contributed by atoms with Crippen LogP contribution in [-0.4, -0.2) is 45.0 Å². The third-order valence-corrected chi connectivity index (χ3v) is 6.51. The van der Waals surface area contributed by atoms with Gasteiger partial charge in [-0.25, -0.2) is 19.0 Å². The second kappa shape index (κ2) is 10.4. The smallest absolute Gasteiger partial charge is 0.215 e. The average Bonchev–Trinajstić information content (AvgIpc) is 3.47. The van der Waals surface area contributed by atoms with E-state index in [0.717, 1.165) is 18.5 Å². The van der Waals surface area contributed by atoms with Crippen LogP contribution in [-0.2, 0) is 6.42 Å². The quantitative estimate of drug-likeness (QED) is 0.338. The van der Waals surface area contributed by atoms with Crippen molar-refractivity contribution in [2.75, 3.05) is 20.3 Å². The van der Waals surface area contributed by atoms with Crippen molar-refractivity contribution in [3.63, 3.8) is 0 Å². The third-order valence-electron chi connectivity index (χ3n) is 6.51. The van der Waals surface area contributed by atoms with Crippen LogP contribution in [0.25, 0.3) is 28.5 Å². The molecule has 1 N–H and O–H groups in total. The van der Waals surface area contributed by atoms with Gasteiger partial charge in [-0.1, -0.05) is 36.4 Å². The first kappa shape index (κ1) is 23.7. The van der Waals surface area contributed by atoms with Gasteiger partial charge in [-0.3, -0.25) is 0 Å². The lowest BCUT2D eigenvalue weighted by molar-refractivity contribution is 0.252. The van der Waals surface area contributed by atoms with Gasteiger partial charge < -0.3 is 14.8 Å². The highest BCUT2D eigenvalue weighted by Gasteiger charge is 2.20. The molecule has 0 bridgehead atoms. The van der Waals surface area contributed by atoms with E-state index in [1.54, 1.807) is 35.3 Å². The summed E-state index contributed by atoms with van der Waals surface area (Å²) in [6, 6.07) is 20.5. The van der Waals surface area contributed by atoms with Crippen LogP contribution < -0.4 is 14.8 Å². The lowest BCUT2D eigenvalue weighted by Crippen LogP contribution is -2.33. The van der Waals surface area contributed by atoms with E-state index in [1.807, 2.05) is 24.4 Å². The molecule has 38 heavy (non-hydrogen) atoms. The molecule has 4 heterocycles. The zero-order valence-corrected chi connectivity index (χ0v) is 20.7. The van der Waals surface area contributed by atoms with E-state index in [9.17, 15) is 4.39 Å². The maximum Gasteiger partial charge on any atom is 0.215 e. The molecule has 9 heteroatoms. The van der Waals surface area contributed by atoms with E-state index < -0.39 is 5.82 Å². The molecule has 6 rings (SSSR count). The highest BCUT2D eigenvalue weighted by molar-refractivity contribution is 5.68. The van der Waals surface area contributed by atoms with Crippen molar-refractivity contribution in [1.29, 1.82) is 0 Å². The number of ether oxygens (including phenoxy) is 2. The fraction of sp³-hybridized carbons (Fsp3) is 0.172. The van der Waals surface area contributed by atoms with Gasteiger partial charge in [-0.15, -0.1) is 0 Å². The molecule has 8 nitrogen and oxygen atoms in total. The molecule has 0 fully saturated rings. The Kier molecular flexibility index (Phi) is 6.49. The molecule has 0 spiro atoms. The normalized spacial score (nSPS) is 14.6. The largest absolute Gasteiger partial charge is 0.496 e. The van der Waals surface area contributed by atoms with Gasteiger partial charge in [-0.05, 0) is 48.4 Å². The summed E-state index contributed by atoms with van der Waals surface area (Å²) in [5.74, 6) is 1.27. The third kappa shape index (κ3) is 4.71. The molecule has 0 saturated heterocycles. The summed E-state index contributed by atoms with van der Waals surface area (Å²) in [7, 11) is 1.49. The number of fused-ring (bicyclic) bond motifs is 1. The van der Waals surface area contributed by atoms with E-state index in [2.05, 4.69) is 49.6 Å². The molecule has 190 valence electrons. The predicted octanol–water partition coefficient (Wildman–Crippen LogP) is 4.80. The number of hydrogen-bond acceptors (Lipinski definition) is 7. The molecule has 1 aliphatic heterocycles. The van der Waals surface area contributed by atoms with Gasteiger partial charge in [0.1, 0.15) is 18.2 Å². The Morgan fingerprint density at radius 3 is 2.84 bits per heavy atom. The Morgan fingerprint density at radius 1 is 1.03 bits per heavy atom. The first-order chi connectivity index (χ1) is 18.7. The van der Waals surface area contributed by atoms with Crippen LogP contribution >= 0.6 is 0 Å².